The Hall–Kier alpha value is -2.21. The number of hydrogen-bond acceptors (Lipinski definition) is 5. The van der Waals surface area contributed by atoms with E-state index >= 15 is 0 Å². The molecule has 0 saturated heterocycles. The molecule has 0 bridgehead atoms. The summed E-state index contributed by atoms with van der Waals surface area (Å²) in [6.07, 6.45) is 1.45. The second kappa shape index (κ2) is 6.91. The number of rotatable bonds is 4. The first-order chi connectivity index (χ1) is 10.8. The van der Waals surface area contributed by atoms with Gasteiger partial charge in [-0.3, -0.25) is 4.79 Å². The Labute approximate surface area is 139 Å². The molecule has 5 nitrogen and oxygen atoms in total. The number of carbonyl (C=O) groups excluding carboxylic acids is 2. The van der Waals surface area contributed by atoms with Crippen LogP contribution in [0.2, 0.25) is 0 Å². The van der Waals surface area contributed by atoms with Crippen molar-refractivity contribution in [2.45, 2.75) is 33.1 Å². The molecule has 0 unspecified atom stereocenters. The van der Waals surface area contributed by atoms with Crippen LogP contribution in [-0.2, 0) is 14.9 Å². The van der Waals surface area contributed by atoms with E-state index in [2.05, 4.69) is 31.1 Å². The minimum atomic E-state index is -0.533. The maximum atomic E-state index is 11.8. The van der Waals surface area contributed by atoms with Gasteiger partial charge in [-0.15, -0.1) is 11.3 Å². The van der Waals surface area contributed by atoms with Gasteiger partial charge < -0.3 is 10.1 Å². The predicted octanol–water partition coefficient (Wildman–Crippen LogP) is 3.54. The molecule has 1 amide bonds. The molecule has 0 aliphatic rings. The van der Waals surface area contributed by atoms with Gasteiger partial charge in [0.15, 0.2) is 6.61 Å². The molecular weight excluding hydrogens is 312 g/mol. The van der Waals surface area contributed by atoms with Crippen molar-refractivity contribution in [1.82, 2.24) is 4.98 Å². The third-order valence-electron chi connectivity index (χ3n) is 3.19. The summed E-state index contributed by atoms with van der Waals surface area (Å²) in [5.74, 6) is -0.906. The summed E-state index contributed by atoms with van der Waals surface area (Å²) in [5.41, 5.74) is 1.92. The number of anilines is 1. The summed E-state index contributed by atoms with van der Waals surface area (Å²) < 4.78 is 4.97. The molecule has 1 N–H and O–H groups in total. The number of hydrogen-bond donors (Lipinski definition) is 1. The number of aryl methyl sites for hydroxylation is 1. The zero-order valence-electron chi connectivity index (χ0n) is 13.7. The van der Waals surface area contributed by atoms with Crippen LogP contribution in [0.25, 0.3) is 0 Å². The van der Waals surface area contributed by atoms with E-state index in [9.17, 15) is 9.59 Å². The highest BCUT2D eigenvalue weighted by Crippen LogP contribution is 2.23. The summed E-state index contributed by atoms with van der Waals surface area (Å²) in [5, 5.41) is 3.48. The van der Waals surface area contributed by atoms with Gasteiger partial charge in [0.2, 0.25) is 0 Å². The number of benzene rings is 1. The monoisotopic (exact) mass is 332 g/mol. The van der Waals surface area contributed by atoms with E-state index in [1.807, 2.05) is 24.3 Å². The second-order valence-corrected chi connectivity index (χ2v) is 7.43. The third-order valence-corrected chi connectivity index (χ3v) is 4.08. The zero-order chi connectivity index (χ0) is 17.0. The Kier molecular flexibility index (Phi) is 5.15. The van der Waals surface area contributed by atoms with E-state index in [1.54, 1.807) is 6.92 Å². The van der Waals surface area contributed by atoms with Crippen LogP contribution in [0.3, 0.4) is 0 Å². The van der Waals surface area contributed by atoms with Crippen molar-refractivity contribution in [1.29, 1.82) is 0 Å². The molecule has 0 aliphatic heterocycles. The van der Waals surface area contributed by atoms with Gasteiger partial charge in [0, 0.05) is 5.69 Å². The molecule has 0 aliphatic carbocycles. The van der Waals surface area contributed by atoms with E-state index in [0.717, 1.165) is 5.01 Å². The fourth-order valence-corrected chi connectivity index (χ4v) is 2.58. The molecule has 1 heterocycles. The zero-order valence-corrected chi connectivity index (χ0v) is 14.5. The average Bonchev–Trinajstić information content (AvgIpc) is 2.91. The van der Waals surface area contributed by atoms with Crippen molar-refractivity contribution in [3.8, 4) is 0 Å². The topological polar surface area (TPSA) is 68.3 Å². The van der Waals surface area contributed by atoms with Crippen molar-refractivity contribution in [2.24, 2.45) is 0 Å². The highest BCUT2D eigenvalue weighted by Gasteiger charge is 2.14. The molecule has 23 heavy (non-hydrogen) atoms. The van der Waals surface area contributed by atoms with Crippen LogP contribution >= 0.6 is 11.3 Å². The third kappa shape index (κ3) is 4.89. The molecule has 0 saturated carbocycles. The molecule has 0 radical (unpaired) electrons. The summed E-state index contributed by atoms with van der Waals surface area (Å²) in [6, 6.07) is 7.63. The fourth-order valence-electron chi connectivity index (χ4n) is 1.91. The van der Waals surface area contributed by atoms with Crippen LogP contribution in [0.1, 0.15) is 41.0 Å². The summed E-state index contributed by atoms with van der Waals surface area (Å²) in [4.78, 5) is 27.9. The van der Waals surface area contributed by atoms with Crippen LogP contribution in [0.5, 0.6) is 0 Å². The Bertz CT molecular complexity index is 699. The molecule has 6 heteroatoms. The van der Waals surface area contributed by atoms with E-state index in [4.69, 9.17) is 4.74 Å². The predicted molar refractivity (Wildman–Crippen MR) is 90.9 cm³/mol. The molecule has 2 aromatic rings. The van der Waals surface area contributed by atoms with Gasteiger partial charge in [0.1, 0.15) is 4.88 Å². The van der Waals surface area contributed by atoms with Crippen LogP contribution in [0, 0.1) is 6.92 Å². The number of thiazole rings is 1. The maximum absolute atomic E-state index is 11.8. The van der Waals surface area contributed by atoms with Gasteiger partial charge in [0.25, 0.3) is 5.91 Å². The van der Waals surface area contributed by atoms with Gasteiger partial charge >= 0.3 is 5.97 Å². The molecule has 0 fully saturated rings. The number of aromatic nitrogens is 1. The second-order valence-electron chi connectivity index (χ2n) is 6.20. The SMILES string of the molecule is Cc1ncc(C(=O)OCC(=O)Nc2ccc(C(C)(C)C)cc2)s1. The van der Waals surface area contributed by atoms with Crippen molar-refractivity contribution >= 4 is 28.9 Å². The van der Waals surface area contributed by atoms with Crippen LogP contribution in [0.4, 0.5) is 5.69 Å². The first kappa shape index (κ1) is 17.1. The highest BCUT2D eigenvalue weighted by molar-refractivity contribution is 7.13. The van der Waals surface area contributed by atoms with Crippen molar-refractivity contribution in [2.75, 3.05) is 11.9 Å². The smallest absolute Gasteiger partial charge is 0.350 e. The number of esters is 1. The summed E-state index contributed by atoms with van der Waals surface area (Å²) in [7, 11) is 0. The number of carbonyl (C=O) groups is 2. The lowest BCUT2D eigenvalue weighted by molar-refractivity contribution is -0.119. The average molecular weight is 332 g/mol. The quantitative estimate of drug-likeness (QED) is 0.870. The van der Waals surface area contributed by atoms with Crippen LogP contribution < -0.4 is 5.32 Å². The highest BCUT2D eigenvalue weighted by atomic mass is 32.1. The van der Waals surface area contributed by atoms with Crippen LogP contribution in [0.15, 0.2) is 30.5 Å². The Balaban J connectivity index is 1.86. The molecule has 0 spiro atoms. The van der Waals surface area contributed by atoms with Gasteiger partial charge in [0.05, 0.1) is 11.2 Å². The van der Waals surface area contributed by atoms with Gasteiger partial charge in [-0.05, 0) is 30.0 Å². The first-order valence-electron chi connectivity index (χ1n) is 7.25. The summed E-state index contributed by atoms with van der Waals surface area (Å²) >= 11 is 1.24. The number of nitrogens with zero attached hydrogens (tertiary/aromatic N) is 1. The number of ether oxygens (including phenoxy) is 1. The Morgan fingerprint density at radius 2 is 1.87 bits per heavy atom. The lowest BCUT2D eigenvalue weighted by Crippen LogP contribution is -2.20. The molecule has 122 valence electrons. The standard InChI is InChI=1S/C17H20N2O3S/c1-11-18-9-14(23-11)16(21)22-10-15(20)19-13-7-5-12(6-8-13)17(2,3)4/h5-9H,10H2,1-4H3,(H,19,20). The van der Waals surface area contributed by atoms with Gasteiger partial charge in [-0.2, -0.15) is 0 Å². The van der Waals surface area contributed by atoms with E-state index in [0.29, 0.717) is 10.6 Å². The van der Waals surface area contributed by atoms with Gasteiger partial charge in [-0.1, -0.05) is 32.9 Å². The first-order valence-corrected chi connectivity index (χ1v) is 8.07. The normalized spacial score (nSPS) is 11.1. The molecular formula is C17H20N2O3S. The molecule has 2 rings (SSSR count). The number of amides is 1. The van der Waals surface area contributed by atoms with E-state index < -0.39 is 5.97 Å². The minimum Gasteiger partial charge on any atom is -0.451 e. The van der Waals surface area contributed by atoms with Crippen molar-refractivity contribution < 1.29 is 14.3 Å². The van der Waals surface area contributed by atoms with Crippen molar-refractivity contribution in [3.63, 3.8) is 0 Å². The number of nitrogens with one attached hydrogen (secondary N) is 1. The van der Waals surface area contributed by atoms with Crippen LogP contribution in [-0.4, -0.2) is 23.5 Å². The van der Waals surface area contributed by atoms with E-state index in [-0.39, 0.29) is 17.9 Å². The molecule has 0 atom stereocenters. The van der Waals surface area contributed by atoms with E-state index in [1.165, 1.54) is 23.1 Å². The molecule has 1 aromatic heterocycles. The summed E-state index contributed by atoms with van der Waals surface area (Å²) in [6.45, 7) is 7.86. The Morgan fingerprint density at radius 1 is 1.22 bits per heavy atom. The minimum absolute atomic E-state index is 0.0605. The lowest BCUT2D eigenvalue weighted by Gasteiger charge is -2.19. The van der Waals surface area contributed by atoms with Gasteiger partial charge in [-0.25, -0.2) is 9.78 Å². The fraction of sp³-hybridized carbons (Fsp3) is 0.353. The Morgan fingerprint density at radius 3 is 2.39 bits per heavy atom. The largest absolute Gasteiger partial charge is 0.451 e. The van der Waals surface area contributed by atoms with Crippen molar-refractivity contribution in [3.05, 3.63) is 45.9 Å². The maximum Gasteiger partial charge on any atom is 0.350 e. The molecule has 1 aromatic carbocycles. The lowest BCUT2D eigenvalue weighted by atomic mass is 9.87.